The zero-order chi connectivity index (χ0) is 53.8. The molecule has 26 N–H and O–H groups in total. The average Bonchev–Trinajstić information content (AvgIpc) is 3.30. The second kappa shape index (κ2) is 26.2. The lowest BCUT2D eigenvalue weighted by Crippen LogP contribution is -2.58. The maximum Gasteiger partial charge on any atom is 0.299 e. The third-order valence-electron chi connectivity index (χ3n) is 8.82. The van der Waals surface area contributed by atoms with E-state index >= 15 is 0 Å². The van der Waals surface area contributed by atoms with Crippen molar-refractivity contribution >= 4 is 88.1 Å². The molecule has 72 heavy (non-hydrogen) atoms. The predicted molar refractivity (Wildman–Crippen MR) is 253 cm³/mol. The molecule has 0 saturated carbocycles. The molecule has 3 aromatic carbocycles. The van der Waals surface area contributed by atoms with Crippen LogP contribution in [-0.2, 0) is 33.8 Å². The van der Waals surface area contributed by atoms with Gasteiger partial charge in [-0.05, 0) is 29.3 Å². The van der Waals surface area contributed by atoms with Gasteiger partial charge in [0.1, 0.15) is 11.7 Å². The van der Waals surface area contributed by atoms with Crippen LogP contribution in [0.3, 0.4) is 0 Å². The van der Waals surface area contributed by atoms with Gasteiger partial charge >= 0.3 is 0 Å². The molecule has 0 saturated heterocycles. The molecule has 384 valence electrons. The molecule has 0 radical (unpaired) electrons. The Morgan fingerprint density at radius 3 is 1.54 bits per heavy atom. The first-order valence-electron chi connectivity index (χ1n) is 19.8. The topological polar surface area (TPSA) is 597 Å². The molecule has 0 heterocycles. The summed E-state index contributed by atoms with van der Waals surface area (Å²) in [4.78, 5) is 121. The molecule has 0 aliphatic heterocycles. The minimum absolute atomic E-state index is 0.0167. The van der Waals surface area contributed by atoms with Gasteiger partial charge in [0, 0.05) is 12.6 Å². The largest absolute Gasteiger partial charge is 0.370 e. The molecule has 0 aromatic heterocycles. The molecule has 0 spiro atoms. The summed E-state index contributed by atoms with van der Waals surface area (Å²) in [6.45, 7) is -0.504. The van der Waals surface area contributed by atoms with Crippen LogP contribution in [0.15, 0.2) is 98.8 Å². The lowest BCUT2D eigenvalue weighted by atomic mass is 10.1. The highest BCUT2D eigenvalue weighted by Crippen LogP contribution is 2.33. The molecule has 0 fully saturated rings. The van der Waals surface area contributed by atoms with Crippen molar-refractivity contribution in [1.82, 2.24) is 26.6 Å². The second-order valence-electron chi connectivity index (χ2n) is 14.0. The number of anilines is 2. The number of nitro benzene ring substituents is 2. The van der Waals surface area contributed by atoms with Gasteiger partial charge in [-0.1, -0.05) is 54.6 Å². The van der Waals surface area contributed by atoms with Crippen LogP contribution in [0.1, 0.15) is 17.2 Å². The molecule has 6 unspecified atom stereocenters. The molecule has 35 heteroatoms. The number of carbonyl (C=O) groups is 6. The number of nitrogens with zero attached hydrogens (tertiary/aromatic N) is 7. The molecular weight excluding hydrogens is 961 g/mol. The minimum Gasteiger partial charge on any atom is -0.370 e. The van der Waals surface area contributed by atoms with E-state index in [1.165, 1.54) is 54.6 Å². The number of nitrogens with two attached hydrogens (primary N) is 9. The number of guanidine groups is 4. The Hall–Kier alpha value is -10.4. The zero-order valence-electron chi connectivity index (χ0n) is 37.0. The number of benzene rings is 3. The van der Waals surface area contributed by atoms with Crippen molar-refractivity contribution in [2.24, 2.45) is 71.6 Å². The molecule has 35 nitrogen and oxygen atoms in total. The van der Waals surface area contributed by atoms with Crippen molar-refractivity contribution < 1.29 is 54.0 Å². The van der Waals surface area contributed by atoms with Crippen molar-refractivity contribution in [3.63, 3.8) is 0 Å². The van der Waals surface area contributed by atoms with Gasteiger partial charge in [0.05, 0.1) is 21.6 Å². The lowest BCUT2D eigenvalue weighted by Gasteiger charge is -2.29. The fourth-order valence-electron chi connectivity index (χ4n) is 5.76. The predicted octanol–water partition coefficient (Wildman–Crippen LogP) is -6.64. The third-order valence-corrected chi connectivity index (χ3v) is 8.82. The van der Waals surface area contributed by atoms with E-state index in [2.05, 4.69) is 41.1 Å². The van der Waals surface area contributed by atoms with Crippen LogP contribution in [0.2, 0.25) is 0 Å². The quantitative estimate of drug-likeness (QED) is 0.00937. The number of amides is 6. The Morgan fingerprint density at radius 1 is 0.625 bits per heavy atom. The molecule has 6 amide bonds. The van der Waals surface area contributed by atoms with Gasteiger partial charge in [-0.15, -0.1) is 4.99 Å². The van der Waals surface area contributed by atoms with Gasteiger partial charge in [0.15, 0.2) is 23.8 Å². The monoisotopic (exact) mass is 1010 g/mol. The number of rotatable bonds is 25. The highest BCUT2D eigenvalue weighted by Gasteiger charge is 2.36. The molecule has 3 aromatic rings. The smallest absolute Gasteiger partial charge is 0.299 e. The first-order valence-corrected chi connectivity index (χ1v) is 19.8. The Labute approximate surface area is 403 Å². The van der Waals surface area contributed by atoms with Crippen LogP contribution in [-0.4, -0.2) is 117 Å². The Bertz CT molecular complexity index is 2630. The number of aliphatic imine (C=N–C) groups is 4. The molecular formula is C37H48N22O13. The van der Waals surface area contributed by atoms with Gasteiger partial charge in [-0.2, -0.15) is 0 Å². The number of hydrogen-bond acceptors (Lipinski definition) is 19. The van der Waals surface area contributed by atoms with Crippen molar-refractivity contribution in [1.29, 1.82) is 0 Å². The van der Waals surface area contributed by atoms with Crippen LogP contribution in [0, 0.1) is 20.2 Å². The fraction of sp³-hybridized carbons (Fsp3) is 0.189. The maximum atomic E-state index is 14.2. The average molecular weight is 1010 g/mol. The van der Waals surface area contributed by atoms with E-state index in [1.54, 1.807) is 12.1 Å². The number of nitrogens with one attached hydrogen (secondary N) is 6. The fourth-order valence-corrected chi connectivity index (χ4v) is 5.76. The van der Waals surface area contributed by atoms with Gasteiger partial charge in [-0.25, -0.2) is 30.7 Å². The Morgan fingerprint density at radius 2 is 1.10 bits per heavy atom. The van der Waals surface area contributed by atoms with Crippen molar-refractivity contribution in [3.8, 4) is 0 Å². The van der Waals surface area contributed by atoms with E-state index in [-0.39, 0.29) is 5.56 Å². The molecule has 6 atom stereocenters. The summed E-state index contributed by atoms with van der Waals surface area (Å²) in [6, 6.07) is 13.6. The standard InChI is InChI=1S/C37H48N22O13/c38-23(60)24(52-34(39)40)48-29(62)26(54-36(43)44)50-31(64)27(55-37(45)46)51-30(63)25(53-35(41)42)49-28(61)22(17-6-2-1-3-7-17)47-32(65)33(66)57(14-4-5-16-8-10-18(11-9-16)56-72-71)20-13-12-19(58(67)68)15-21(20)59(69)70/h1-13,15,22,24-27,33,56,66,71H,14H2,(H2,38,60)(H,47,65)(H,48,62)(H,49,61)(H,50,64)(H,51,63)(H4,39,40,52)(H4,41,42,53)(H4,43,44,54)(H4,45,46,55). The molecule has 0 aliphatic rings. The summed E-state index contributed by atoms with van der Waals surface area (Å²) in [7, 11) is 0. The van der Waals surface area contributed by atoms with Crippen molar-refractivity contribution in [2.45, 2.75) is 36.9 Å². The Kier molecular flexibility index (Phi) is 20.4. The third kappa shape index (κ3) is 17.0. The van der Waals surface area contributed by atoms with Crippen LogP contribution < -0.4 is 88.6 Å². The van der Waals surface area contributed by atoms with Gasteiger partial charge < -0.3 is 88.2 Å². The van der Waals surface area contributed by atoms with Gasteiger partial charge in [0.2, 0.25) is 36.8 Å². The van der Waals surface area contributed by atoms with Gasteiger partial charge in [0.25, 0.3) is 40.9 Å². The van der Waals surface area contributed by atoms with Crippen LogP contribution in [0.25, 0.3) is 6.08 Å². The van der Waals surface area contributed by atoms with E-state index in [9.17, 15) is 54.1 Å². The number of primary amides is 1. The normalized spacial score (nSPS) is 13.1. The van der Waals surface area contributed by atoms with Crippen LogP contribution >= 0.6 is 0 Å². The number of non-ortho nitro benzene ring substituents is 1. The van der Waals surface area contributed by atoms with Gasteiger partial charge in [-0.3, -0.25) is 49.0 Å². The van der Waals surface area contributed by atoms with E-state index in [0.29, 0.717) is 17.3 Å². The second-order valence-corrected chi connectivity index (χ2v) is 14.0. The summed E-state index contributed by atoms with van der Waals surface area (Å²) < 4.78 is 0. The van der Waals surface area contributed by atoms with E-state index in [4.69, 9.17) is 56.9 Å². The number of carbonyl (C=O) groups excluding carboxylic acids is 6. The first-order chi connectivity index (χ1) is 33.9. The molecule has 0 bridgehead atoms. The van der Waals surface area contributed by atoms with E-state index in [0.717, 1.165) is 17.0 Å². The van der Waals surface area contributed by atoms with E-state index < -0.39 is 130 Å². The highest BCUT2D eigenvalue weighted by atomic mass is 17.2. The molecule has 0 aliphatic carbocycles. The summed E-state index contributed by atoms with van der Waals surface area (Å²) >= 11 is 0. The Balaban J connectivity index is 2.01. The van der Waals surface area contributed by atoms with Crippen LogP contribution in [0.4, 0.5) is 22.7 Å². The van der Waals surface area contributed by atoms with Crippen LogP contribution in [0.5, 0.6) is 0 Å². The summed E-state index contributed by atoms with van der Waals surface area (Å²) in [5.41, 5.74) is 49.5. The molecule has 3 rings (SSSR count). The van der Waals surface area contributed by atoms with Crippen molar-refractivity contribution in [3.05, 3.63) is 110 Å². The summed E-state index contributed by atoms with van der Waals surface area (Å²) in [5, 5.41) is 54.4. The first kappa shape index (κ1) is 55.9. The highest BCUT2D eigenvalue weighted by molar-refractivity contribution is 5.99. The number of aliphatic hydroxyl groups excluding tert-OH is 1. The summed E-state index contributed by atoms with van der Waals surface area (Å²) in [6.07, 6.45) is -8.09. The lowest BCUT2D eigenvalue weighted by molar-refractivity contribution is -0.393. The van der Waals surface area contributed by atoms with E-state index in [1.807, 2.05) is 16.0 Å². The number of aliphatic hydroxyl groups is 1. The minimum atomic E-state index is -2.42. The number of nitro groups is 2. The van der Waals surface area contributed by atoms with Crippen molar-refractivity contribution in [2.75, 3.05) is 16.9 Å². The zero-order valence-corrected chi connectivity index (χ0v) is 37.0. The maximum absolute atomic E-state index is 14.2. The summed E-state index contributed by atoms with van der Waals surface area (Å²) in [5.74, 6) is -11.4. The number of hydrogen-bond donors (Lipinski definition) is 17. The SMILES string of the molecule is NC(=O)C(N=C(N)N)NC(=O)C(N=C(N)N)NC(=O)C(N=C(N)N)NC(=O)C(N=C(N)N)NC(=O)C(NC(=O)C(O)N(CC=Cc1ccc(NOO)cc1)c1ccc([N+](=O)[O-])cc1[N+](=O)[O-])c1ccccc1.